The summed E-state index contributed by atoms with van der Waals surface area (Å²) >= 11 is 12.3. The zero-order chi connectivity index (χ0) is 16.1. The number of ether oxygens (including phenoxy) is 1. The molecular formula is C13H17ClFN3O2S2. The minimum atomic E-state index is -0.499. The van der Waals surface area contributed by atoms with Crippen LogP contribution in [0.1, 0.15) is 24.1 Å². The molecule has 1 aromatic rings. The molecule has 1 saturated heterocycles. The third-order valence-electron chi connectivity index (χ3n) is 3.24. The number of hydrogen-bond acceptors (Lipinski definition) is 5. The highest BCUT2D eigenvalue weighted by atomic mass is 35.5. The zero-order valence-corrected chi connectivity index (χ0v) is 14.5. The Bertz CT molecular complexity index is 560. The molecule has 9 heteroatoms. The molecule has 2 heterocycles. The summed E-state index contributed by atoms with van der Waals surface area (Å²) in [7, 11) is 1.28. The van der Waals surface area contributed by atoms with Crippen LogP contribution in [0, 0.1) is 5.13 Å². The Labute approximate surface area is 142 Å². The molecule has 22 heavy (non-hydrogen) atoms. The first-order valence-corrected chi connectivity index (χ1v) is 8.48. The number of nitrogens with one attached hydrogen (secondary N) is 2. The van der Waals surface area contributed by atoms with Crippen molar-refractivity contribution in [2.24, 2.45) is 0 Å². The van der Waals surface area contributed by atoms with Crippen LogP contribution in [-0.4, -0.2) is 36.3 Å². The van der Waals surface area contributed by atoms with Gasteiger partial charge >= 0.3 is 5.97 Å². The van der Waals surface area contributed by atoms with Crippen molar-refractivity contribution in [1.29, 1.82) is 0 Å². The lowest BCUT2D eigenvalue weighted by atomic mass is 10.2. The van der Waals surface area contributed by atoms with Gasteiger partial charge in [-0.3, -0.25) is 9.80 Å². The Morgan fingerprint density at radius 1 is 1.55 bits per heavy atom. The molecule has 0 aliphatic carbocycles. The normalized spacial score (nSPS) is 15.3. The molecule has 0 unspecified atom stereocenters. The average Bonchev–Trinajstić information content (AvgIpc) is 2.72. The summed E-state index contributed by atoms with van der Waals surface area (Å²) in [5.74, 6) is -0.466. The van der Waals surface area contributed by atoms with E-state index >= 15 is 0 Å². The van der Waals surface area contributed by atoms with E-state index in [4.69, 9.17) is 23.8 Å². The van der Waals surface area contributed by atoms with E-state index in [9.17, 15) is 9.18 Å². The summed E-state index contributed by atoms with van der Waals surface area (Å²) in [6, 6.07) is 0. The van der Waals surface area contributed by atoms with Crippen LogP contribution in [0.3, 0.4) is 0 Å². The zero-order valence-electron chi connectivity index (χ0n) is 12.1. The Hall–Kier alpha value is -0.960. The van der Waals surface area contributed by atoms with E-state index in [1.54, 1.807) is 5.01 Å². The van der Waals surface area contributed by atoms with Crippen LogP contribution in [0.15, 0.2) is 0 Å². The highest BCUT2D eigenvalue weighted by Crippen LogP contribution is 2.36. The first-order chi connectivity index (χ1) is 10.5. The minimum absolute atomic E-state index is 0.0622. The van der Waals surface area contributed by atoms with Gasteiger partial charge in [0.15, 0.2) is 5.11 Å². The van der Waals surface area contributed by atoms with Crippen molar-refractivity contribution in [3.63, 3.8) is 0 Å². The van der Waals surface area contributed by atoms with Crippen molar-refractivity contribution in [2.45, 2.75) is 25.7 Å². The molecule has 0 aromatic carbocycles. The fourth-order valence-corrected chi connectivity index (χ4v) is 3.54. The molecule has 122 valence electrons. The SMILES string of the molecule is COC(=O)Cc1sc(F)c(NC(=S)N2CCCCCN2)c1Cl. The first kappa shape index (κ1) is 17.4. The van der Waals surface area contributed by atoms with Crippen LogP contribution in [0.4, 0.5) is 10.1 Å². The minimum Gasteiger partial charge on any atom is -0.469 e. The number of thiocarbonyl (C=S) groups is 1. The van der Waals surface area contributed by atoms with Gasteiger partial charge in [0.2, 0.25) is 5.13 Å². The molecule has 0 atom stereocenters. The van der Waals surface area contributed by atoms with Crippen molar-refractivity contribution in [2.75, 3.05) is 25.5 Å². The van der Waals surface area contributed by atoms with E-state index in [1.807, 2.05) is 0 Å². The Morgan fingerprint density at radius 2 is 2.32 bits per heavy atom. The number of carbonyl (C=O) groups excluding carboxylic acids is 1. The summed E-state index contributed by atoms with van der Waals surface area (Å²) < 4.78 is 18.6. The van der Waals surface area contributed by atoms with E-state index in [2.05, 4.69) is 15.5 Å². The Balaban J connectivity index is 2.08. The van der Waals surface area contributed by atoms with Crippen LogP contribution >= 0.6 is 35.2 Å². The summed E-state index contributed by atoms with van der Waals surface area (Å²) in [4.78, 5) is 11.7. The molecule has 5 nitrogen and oxygen atoms in total. The maximum atomic E-state index is 14.1. The lowest BCUT2D eigenvalue weighted by Crippen LogP contribution is -2.44. The summed E-state index contributed by atoms with van der Waals surface area (Å²) in [6.45, 7) is 1.58. The number of methoxy groups -OCH3 is 1. The van der Waals surface area contributed by atoms with Gasteiger partial charge in [-0.05, 0) is 25.1 Å². The lowest BCUT2D eigenvalue weighted by molar-refractivity contribution is -0.139. The number of esters is 1. The number of carbonyl (C=O) groups is 1. The molecule has 1 aromatic heterocycles. The van der Waals surface area contributed by atoms with Crippen LogP contribution < -0.4 is 10.7 Å². The van der Waals surface area contributed by atoms with Gasteiger partial charge in [0.05, 0.1) is 18.6 Å². The highest BCUT2D eigenvalue weighted by Gasteiger charge is 2.22. The second-order valence-electron chi connectivity index (χ2n) is 4.79. The van der Waals surface area contributed by atoms with Crippen molar-refractivity contribution in [1.82, 2.24) is 10.4 Å². The number of nitrogens with zero attached hydrogens (tertiary/aromatic N) is 1. The van der Waals surface area contributed by atoms with Crippen molar-refractivity contribution >= 4 is 51.9 Å². The van der Waals surface area contributed by atoms with Gasteiger partial charge in [0.25, 0.3) is 0 Å². The number of thiophene rings is 1. The fourth-order valence-electron chi connectivity index (χ4n) is 2.06. The number of halogens is 2. The summed E-state index contributed by atoms with van der Waals surface area (Å²) in [5, 5.41) is 4.66. The van der Waals surface area contributed by atoms with Crippen molar-refractivity contribution in [3.05, 3.63) is 15.0 Å². The molecular weight excluding hydrogens is 349 g/mol. The van der Waals surface area contributed by atoms with Gasteiger partial charge in [-0.1, -0.05) is 18.0 Å². The molecule has 0 spiro atoms. The van der Waals surface area contributed by atoms with Crippen LogP contribution in [0.25, 0.3) is 0 Å². The largest absolute Gasteiger partial charge is 0.469 e. The van der Waals surface area contributed by atoms with Crippen molar-refractivity contribution < 1.29 is 13.9 Å². The average molecular weight is 366 g/mol. The fraction of sp³-hybridized carbons (Fsp3) is 0.538. The van der Waals surface area contributed by atoms with Crippen molar-refractivity contribution in [3.8, 4) is 0 Å². The van der Waals surface area contributed by atoms with Gasteiger partial charge in [0, 0.05) is 18.0 Å². The molecule has 0 radical (unpaired) electrons. The number of hydrogen-bond donors (Lipinski definition) is 2. The number of hydrazine groups is 1. The van der Waals surface area contributed by atoms with Crippen LogP contribution in [-0.2, 0) is 16.0 Å². The smallest absolute Gasteiger partial charge is 0.310 e. The topological polar surface area (TPSA) is 53.6 Å². The molecule has 2 N–H and O–H groups in total. The van der Waals surface area contributed by atoms with Crippen LogP contribution in [0.2, 0.25) is 5.02 Å². The number of anilines is 1. The van der Waals surface area contributed by atoms with E-state index in [1.165, 1.54) is 7.11 Å². The van der Waals surface area contributed by atoms with E-state index in [-0.39, 0.29) is 17.1 Å². The third kappa shape index (κ3) is 4.28. The molecule has 0 bridgehead atoms. The highest BCUT2D eigenvalue weighted by molar-refractivity contribution is 7.80. The maximum Gasteiger partial charge on any atom is 0.310 e. The Kier molecular flexibility index (Phi) is 6.37. The molecule has 1 fully saturated rings. The quantitative estimate of drug-likeness (QED) is 0.634. The second kappa shape index (κ2) is 8.05. The van der Waals surface area contributed by atoms with Gasteiger partial charge in [0.1, 0.15) is 5.69 Å². The number of rotatable bonds is 3. The van der Waals surface area contributed by atoms with Crippen LogP contribution in [0.5, 0.6) is 0 Å². The molecule has 1 aliphatic rings. The van der Waals surface area contributed by atoms with E-state index in [0.29, 0.717) is 9.99 Å². The van der Waals surface area contributed by atoms with Gasteiger partial charge in [-0.25, -0.2) is 5.43 Å². The first-order valence-electron chi connectivity index (χ1n) is 6.88. The van der Waals surface area contributed by atoms with E-state index in [0.717, 1.165) is 43.7 Å². The monoisotopic (exact) mass is 365 g/mol. The third-order valence-corrected chi connectivity index (χ3v) is 5.07. The maximum absolute atomic E-state index is 14.1. The van der Waals surface area contributed by atoms with Gasteiger partial charge in [-0.15, -0.1) is 11.3 Å². The Morgan fingerprint density at radius 3 is 3.05 bits per heavy atom. The molecule has 0 amide bonds. The molecule has 2 rings (SSSR count). The lowest BCUT2D eigenvalue weighted by Gasteiger charge is -2.24. The predicted molar refractivity (Wildman–Crippen MR) is 89.8 cm³/mol. The molecule has 0 saturated carbocycles. The molecule has 1 aliphatic heterocycles. The summed E-state index contributed by atoms with van der Waals surface area (Å²) in [6.07, 6.45) is 3.16. The summed E-state index contributed by atoms with van der Waals surface area (Å²) in [5.41, 5.74) is 3.29. The second-order valence-corrected chi connectivity index (χ2v) is 6.61. The van der Waals surface area contributed by atoms with Gasteiger partial charge in [-0.2, -0.15) is 4.39 Å². The predicted octanol–water partition coefficient (Wildman–Crippen LogP) is 2.94. The van der Waals surface area contributed by atoms with E-state index < -0.39 is 11.1 Å². The standard InChI is InChI=1S/C13H17ClFN3O2S2/c1-20-9(19)7-8-10(14)11(12(15)22-8)17-13(21)18-6-4-2-3-5-16-18/h16H,2-7H2,1H3,(H,17,21). The van der Waals surface area contributed by atoms with Gasteiger partial charge < -0.3 is 10.1 Å².